The van der Waals surface area contributed by atoms with E-state index in [9.17, 15) is 18.3 Å². The van der Waals surface area contributed by atoms with Crippen molar-refractivity contribution in [1.29, 1.82) is 0 Å². The molecular weight excluding hydrogens is 572 g/mol. The summed E-state index contributed by atoms with van der Waals surface area (Å²) >= 11 is 1.44. The van der Waals surface area contributed by atoms with Gasteiger partial charge in [-0.15, -0.1) is 21.5 Å². The van der Waals surface area contributed by atoms with Crippen LogP contribution in [-0.4, -0.2) is 40.2 Å². The van der Waals surface area contributed by atoms with Gasteiger partial charge in [0.2, 0.25) is 15.9 Å². The van der Waals surface area contributed by atoms with Crippen molar-refractivity contribution in [2.45, 2.75) is 90.0 Å². The quantitative estimate of drug-likeness (QED) is 0.210. The van der Waals surface area contributed by atoms with Crippen LogP contribution in [-0.2, 0) is 27.7 Å². The van der Waals surface area contributed by atoms with E-state index in [0.717, 1.165) is 40.8 Å². The maximum atomic E-state index is 13.4. The van der Waals surface area contributed by atoms with Crippen LogP contribution in [0.15, 0.2) is 45.7 Å². The summed E-state index contributed by atoms with van der Waals surface area (Å²) in [5.74, 6) is 0.0760. The van der Waals surface area contributed by atoms with Crippen molar-refractivity contribution in [3.8, 4) is 21.3 Å². The average molecular weight is 611 g/mol. The number of benzene rings is 2. The van der Waals surface area contributed by atoms with Gasteiger partial charge in [0.15, 0.2) is 5.01 Å². The van der Waals surface area contributed by atoms with E-state index in [1.807, 2.05) is 51.1 Å². The van der Waals surface area contributed by atoms with Crippen LogP contribution in [0.1, 0.15) is 78.3 Å². The molecule has 224 valence electrons. The van der Waals surface area contributed by atoms with Crippen LogP contribution < -0.4 is 4.72 Å². The minimum atomic E-state index is -3.77. The van der Waals surface area contributed by atoms with Crippen LogP contribution in [0.5, 0.6) is 0 Å². The molecule has 2 heterocycles. The largest absolute Gasteiger partial charge is 0.481 e. The highest BCUT2D eigenvalue weighted by Gasteiger charge is 2.31. The van der Waals surface area contributed by atoms with Gasteiger partial charge in [-0.1, -0.05) is 62.4 Å². The van der Waals surface area contributed by atoms with Gasteiger partial charge in [0.05, 0.1) is 20.9 Å². The lowest BCUT2D eigenvalue weighted by atomic mass is 9.85. The molecule has 1 aliphatic carbocycles. The minimum Gasteiger partial charge on any atom is -0.481 e. The Labute approximate surface area is 250 Å². The first-order valence-electron chi connectivity index (χ1n) is 14.4. The summed E-state index contributed by atoms with van der Waals surface area (Å²) in [4.78, 5) is 17.8. The van der Waals surface area contributed by atoms with Crippen LogP contribution in [0.2, 0.25) is 0 Å². The number of rotatable bonds is 9. The van der Waals surface area contributed by atoms with Crippen LogP contribution >= 0.6 is 11.3 Å². The standard InChI is InChI=1S/C31H38N4O5S2/c1-30(2,3)35-42(38,39)24-16-15-22(20-13-9-10-14-21(20)24)26-23(17-19-11-7-6-8-12-19)32-28(41-26)27-34-33-25(40-27)18-31(4,5)29(36)37/h9-10,13-16,19,35H,6-8,11-12,17-18H2,1-5H3,(H,36,37). The van der Waals surface area contributed by atoms with Gasteiger partial charge in [0.25, 0.3) is 5.89 Å². The maximum absolute atomic E-state index is 13.4. The first-order valence-corrected chi connectivity index (χ1v) is 16.7. The van der Waals surface area contributed by atoms with Crippen molar-refractivity contribution in [1.82, 2.24) is 19.9 Å². The van der Waals surface area contributed by atoms with E-state index in [4.69, 9.17) is 9.40 Å². The average Bonchev–Trinajstić information content (AvgIpc) is 3.54. The number of hydrogen-bond acceptors (Lipinski definition) is 8. The van der Waals surface area contributed by atoms with Crippen molar-refractivity contribution in [2.24, 2.45) is 11.3 Å². The molecule has 2 N–H and O–H groups in total. The molecule has 42 heavy (non-hydrogen) atoms. The number of hydrogen-bond donors (Lipinski definition) is 2. The highest BCUT2D eigenvalue weighted by atomic mass is 32.2. The Morgan fingerprint density at radius 1 is 1.02 bits per heavy atom. The number of fused-ring (bicyclic) bond motifs is 1. The summed E-state index contributed by atoms with van der Waals surface area (Å²) < 4.78 is 35.5. The van der Waals surface area contributed by atoms with Crippen molar-refractivity contribution < 1.29 is 22.7 Å². The Kier molecular flexibility index (Phi) is 8.30. The monoisotopic (exact) mass is 610 g/mol. The highest BCUT2D eigenvalue weighted by Crippen LogP contribution is 2.42. The molecular formula is C31H38N4O5S2. The first kappa shape index (κ1) is 30.3. The normalized spacial score (nSPS) is 15.4. The fraction of sp³-hybridized carbons (Fsp3) is 0.484. The zero-order valence-electron chi connectivity index (χ0n) is 24.7. The maximum Gasteiger partial charge on any atom is 0.309 e. The molecule has 9 nitrogen and oxygen atoms in total. The zero-order valence-corrected chi connectivity index (χ0v) is 26.4. The second-order valence-corrected chi connectivity index (χ2v) is 15.5. The van der Waals surface area contributed by atoms with E-state index in [0.29, 0.717) is 16.3 Å². The van der Waals surface area contributed by atoms with Crippen LogP contribution in [0, 0.1) is 11.3 Å². The van der Waals surface area contributed by atoms with Gasteiger partial charge in [0, 0.05) is 22.9 Å². The second-order valence-electron chi connectivity index (χ2n) is 12.9. The molecule has 2 aromatic heterocycles. The van der Waals surface area contributed by atoms with E-state index < -0.39 is 26.9 Å². The Hall–Kier alpha value is -3.15. The Balaban J connectivity index is 1.60. The summed E-state index contributed by atoms with van der Waals surface area (Å²) in [5.41, 5.74) is 0.163. The Morgan fingerprint density at radius 2 is 1.71 bits per heavy atom. The first-order chi connectivity index (χ1) is 19.7. The van der Waals surface area contributed by atoms with Crippen molar-refractivity contribution in [3.63, 3.8) is 0 Å². The van der Waals surface area contributed by atoms with E-state index in [2.05, 4.69) is 14.9 Å². The number of nitrogens with one attached hydrogen (secondary N) is 1. The van der Waals surface area contributed by atoms with Crippen LogP contribution in [0.3, 0.4) is 0 Å². The topological polar surface area (TPSA) is 135 Å². The van der Waals surface area contributed by atoms with Crippen LogP contribution in [0.25, 0.3) is 32.1 Å². The SMILES string of the molecule is CC(C)(C)NS(=O)(=O)c1ccc(-c2sc(-c3nnc(CC(C)(C)C(=O)O)o3)nc2CC2CCCCC2)c2ccccc12. The molecule has 5 rings (SSSR count). The lowest BCUT2D eigenvalue weighted by Crippen LogP contribution is -2.40. The van der Waals surface area contributed by atoms with Crippen LogP contribution in [0.4, 0.5) is 0 Å². The third-order valence-corrected chi connectivity index (χ3v) is 10.5. The zero-order chi connectivity index (χ0) is 30.3. The Morgan fingerprint density at radius 3 is 2.38 bits per heavy atom. The molecule has 0 aliphatic heterocycles. The summed E-state index contributed by atoms with van der Waals surface area (Å²) in [6, 6.07) is 11.1. The lowest BCUT2D eigenvalue weighted by molar-refractivity contribution is -0.147. The van der Waals surface area contributed by atoms with E-state index in [1.54, 1.807) is 19.9 Å². The molecule has 2 aromatic carbocycles. The predicted octanol–water partition coefficient (Wildman–Crippen LogP) is 6.87. The number of thiazole rings is 1. The van der Waals surface area contributed by atoms with E-state index in [-0.39, 0.29) is 23.1 Å². The van der Waals surface area contributed by atoms with Gasteiger partial charge in [0.1, 0.15) is 0 Å². The second kappa shape index (κ2) is 11.5. The Bertz CT molecular complexity index is 1710. The number of aromatic nitrogens is 3. The molecule has 0 amide bonds. The summed E-state index contributed by atoms with van der Waals surface area (Å²) in [6.07, 6.45) is 6.88. The molecule has 0 unspecified atom stereocenters. The molecule has 0 bridgehead atoms. The third-order valence-electron chi connectivity index (χ3n) is 7.58. The molecule has 1 saturated carbocycles. The number of carboxylic acid groups (broad SMARTS) is 1. The van der Waals surface area contributed by atoms with Crippen molar-refractivity contribution in [3.05, 3.63) is 48.0 Å². The number of sulfonamides is 1. The number of carbonyl (C=O) groups is 1. The van der Waals surface area contributed by atoms with Crippen molar-refractivity contribution in [2.75, 3.05) is 0 Å². The van der Waals surface area contributed by atoms with E-state index in [1.165, 1.54) is 30.6 Å². The molecule has 11 heteroatoms. The summed E-state index contributed by atoms with van der Waals surface area (Å²) in [7, 11) is -3.77. The molecule has 0 atom stereocenters. The fourth-order valence-corrected chi connectivity index (χ4v) is 8.17. The highest BCUT2D eigenvalue weighted by molar-refractivity contribution is 7.89. The van der Waals surface area contributed by atoms with Gasteiger partial charge < -0.3 is 9.52 Å². The van der Waals surface area contributed by atoms with E-state index >= 15 is 0 Å². The summed E-state index contributed by atoms with van der Waals surface area (Å²) in [6.45, 7) is 8.71. The minimum absolute atomic E-state index is 0.103. The number of aliphatic carboxylic acids is 1. The van der Waals surface area contributed by atoms with Gasteiger partial charge in [-0.2, -0.15) is 0 Å². The molecule has 0 saturated heterocycles. The van der Waals surface area contributed by atoms with Gasteiger partial charge in [-0.25, -0.2) is 18.1 Å². The number of nitrogens with zero attached hydrogens (tertiary/aromatic N) is 3. The molecule has 1 aliphatic rings. The predicted molar refractivity (Wildman–Crippen MR) is 164 cm³/mol. The lowest BCUT2D eigenvalue weighted by Gasteiger charge is -2.22. The van der Waals surface area contributed by atoms with Crippen molar-refractivity contribution >= 4 is 38.1 Å². The van der Waals surface area contributed by atoms with Gasteiger partial charge in [-0.05, 0) is 58.4 Å². The molecule has 1 fully saturated rings. The molecule has 0 radical (unpaired) electrons. The number of carboxylic acids is 1. The smallest absolute Gasteiger partial charge is 0.309 e. The van der Waals surface area contributed by atoms with Gasteiger partial charge >= 0.3 is 5.97 Å². The molecule has 0 spiro atoms. The summed E-state index contributed by atoms with van der Waals surface area (Å²) in [5, 5.41) is 19.9. The van der Waals surface area contributed by atoms with Gasteiger partial charge in [-0.3, -0.25) is 4.79 Å². The molecule has 4 aromatic rings. The third kappa shape index (κ3) is 6.58. The fourth-order valence-electron chi connectivity index (χ4n) is 5.48.